The number of anilines is 1. The van der Waals surface area contributed by atoms with E-state index in [0.29, 0.717) is 17.7 Å². The first-order chi connectivity index (χ1) is 13.6. The largest absolute Gasteiger partial charge is 0.337 e. The molecule has 4 nitrogen and oxygen atoms in total. The lowest BCUT2D eigenvalue weighted by Crippen LogP contribution is -2.26. The van der Waals surface area contributed by atoms with Crippen LogP contribution in [-0.4, -0.2) is 23.8 Å². The van der Waals surface area contributed by atoms with Crippen molar-refractivity contribution >= 4 is 17.5 Å². The summed E-state index contributed by atoms with van der Waals surface area (Å²) in [5, 5.41) is 2.88. The number of carbonyl (C=O) groups is 2. The number of nitrogens with zero attached hydrogens (tertiary/aromatic N) is 1. The second kappa shape index (κ2) is 9.00. The number of aryl methyl sites for hydroxylation is 1. The molecule has 0 spiro atoms. The van der Waals surface area contributed by atoms with Crippen LogP contribution in [0.25, 0.3) is 0 Å². The second-order valence-corrected chi connectivity index (χ2v) is 6.73. The minimum Gasteiger partial charge on any atom is -0.337 e. The van der Waals surface area contributed by atoms with E-state index in [4.69, 9.17) is 0 Å². The van der Waals surface area contributed by atoms with Crippen LogP contribution in [0.2, 0.25) is 0 Å². The molecule has 0 atom stereocenters. The standard InChI is InChI=1S/C24H24N2O2/c1-3-18-12-14-22(15-13-18)25-23(27)20-10-7-11-21(16-20)24(28)26(2)17-19-8-5-4-6-9-19/h4-16H,3,17H2,1-2H3,(H,25,27). The first-order valence-corrected chi connectivity index (χ1v) is 9.36. The van der Waals surface area contributed by atoms with E-state index in [1.807, 2.05) is 54.6 Å². The number of carbonyl (C=O) groups excluding carboxylic acids is 2. The molecular formula is C24H24N2O2. The van der Waals surface area contributed by atoms with Crippen molar-refractivity contribution in [2.75, 3.05) is 12.4 Å². The molecule has 28 heavy (non-hydrogen) atoms. The molecule has 0 saturated carbocycles. The molecule has 0 saturated heterocycles. The van der Waals surface area contributed by atoms with Gasteiger partial charge in [-0.05, 0) is 47.9 Å². The number of nitrogens with one attached hydrogen (secondary N) is 1. The Morgan fingerprint density at radius 2 is 1.50 bits per heavy atom. The molecule has 1 N–H and O–H groups in total. The van der Waals surface area contributed by atoms with Crippen LogP contribution in [0.4, 0.5) is 5.69 Å². The summed E-state index contributed by atoms with van der Waals surface area (Å²) in [7, 11) is 1.76. The average Bonchev–Trinajstić information content (AvgIpc) is 2.74. The van der Waals surface area contributed by atoms with Gasteiger partial charge in [-0.25, -0.2) is 0 Å². The van der Waals surface area contributed by atoms with Crippen LogP contribution >= 0.6 is 0 Å². The van der Waals surface area contributed by atoms with Gasteiger partial charge >= 0.3 is 0 Å². The van der Waals surface area contributed by atoms with Crippen molar-refractivity contribution in [3.05, 3.63) is 101 Å². The summed E-state index contributed by atoms with van der Waals surface area (Å²) in [5.41, 5.74) is 3.96. The highest BCUT2D eigenvalue weighted by Crippen LogP contribution is 2.14. The fourth-order valence-corrected chi connectivity index (χ4v) is 2.97. The lowest BCUT2D eigenvalue weighted by Gasteiger charge is -2.17. The van der Waals surface area contributed by atoms with Crippen LogP contribution in [0, 0.1) is 0 Å². The zero-order chi connectivity index (χ0) is 19.9. The SMILES string of the molecule is CCc1ccc(NC(=O)c2cccc(C(=O)N(C)Cc3ccccc3)c2)cc1. The van der Waals surface area contributed by atoms with Crippen molar-refractivity contribution in [1.29, 1.82) is 0 Å². The van der Waals surface area contributed by atoms with E-state index in [-0.39, 0.29) is 11.8 Å². The van der Waals surface area contributed by atoms with Gasteiger partial charge < -0.3 is 10.2 Å². The topological polar surface area (TPSA) is 49.4 Å². The van der Waals surface area contributed by atoms with Crippen molar-refractivity contribution in [2.24, 2.45) is 0 Å². The van der Waals surface area contributed by atoms with Crippen LogP contribution < -0.4 is 5.32 Å². The second-order valence-electron chi connectivity index (χ2n) is 6.73. The summed E-state index contributed by atoms with van der Waals surface area (Å²) >= 11 is 0. The first-order valence-electron chi connectivity index (χ1n) is 9.36. The zero-order valence-electron chi connectivity index (χ0n) is 16.2. The summed E-state index contributed by atoms with van der Waals surface area (Å²) in [4.78, 5) is 27.0. The van der Waals surface area contributed by atoms with Gasteiger partial charge in [0.25, 0.3) is 11.8 Å². The van der Waals surface area contributed by atoms with Crippen molar-refractivity contribution in [2.45, 2.75) is 19.9 Å². The fraction of sp³-hybridized carbons (Fsp3) is 0.167. The van der Waals surface area contributed by atoms with Gasteiger partial charge in [0.1, 0.15) is 0 Å². The quantitative estimate of drug-likeness (QED) is 0.677. The van der Waals surface area contributed by atoms with Crippen LogP contribution in [0.15, 0.2) is 78.9 Å². The Morgan fingerprint density at radius 3 is 2.18 bits per heavy atom. The summed E-state index contributed by atoms with van der Waals surface area (Å²) in [6.45, 7) is 2.60. The average molecular weight is 372 g/mol. The van der Waals surface area contributed by atoms with E-state index in [9.17, 15) is 9.59 Å². The molecule has 0 radical (unpaired) electrons. The number of benzene rings is 3. The Bertz CT molecular complexity index is 950. The van der Waals surface area contributed by atoms with E-state index < -0.39 is 0 Å². The smallest absolute Gasteiger partial charge is 0.255 e. The molecule has 2 amide bonds. The maximum Gasteiger partial charge on any atom is 0.255 e. The monoisotopic (exact) mass is 372 g/mol. The highest BCUT2D eigenvalue weighted by molar-refractivity contribution is 6.06. The van der Waals surface area contributed by atoms with Crippen molar-refractivity contribution in [1.82, 2.24) is 4.90 Å². The molecule has 0 bridgehead atoms. The maximum atomic E-state index is 12.7. The van der Waals surface area contributed by atoms with Gasteiger partial charge in [-0.2, -0.15) is 0 Å². The van der Waals surface area contributed by atoms with Gasteiger partial charge in [0.05, 0.1) is 0 Å². The van der Waals surface area contributed by atoms with Gasteiger partial charge in [0, 0.05) is 30.4 Å². The molecule has 0 aliphatic carbocycles. The molecule has 3 rings (SSSR count). The summed E-state index contributed by atoms with van der Waals surface area (Å²) < 4.78 is 0. The highest BCUT2D eigenvalue weighted by atomic mass is 16.2. The van der Waals surface area contributed by atoms with E-state index in [2.05, 4.69) is 12.2 Å². The summed E-state index contributed by atoms with van der Waals surface area (Å²) in [6.07, 6.45) is 0.953. The third kappa shape index (κ3) is 4.86. The molecular weight excluding hydrogens is 348 g/mol. The minimum absolute atomic E-state index is 0.120. The molecule has 3 aromatic carbocycles. The Morgan fingerprint density at radius 1 is 0.821 bits per heavy atom. The predicted molar refractivity (Wildman–Crippen MR) is 112 cm³/mol. The van der Waals surface area contributed by atoms with Crippen LogP contribution in [0.5, 0.6) is 0 Å². The zero-order valence-corrected chi connectivity index (χ0v) is 16.2. The van der Waals surface area contributed by atoms with E-state index in [1.165, 1.54) is 5.56 Å². The first kappa shape index (κ1) is 19.4. The van der Waals surface area contributed by atoms with Gasteiger partial charge in [-0.15, -0.1) is 0 Å². The Balaban J connectivity index is 1.69. The van der Waals surface area contributed by atoms with Crippen LogP contribution in [0.1, 0.15) is 38.8 Å². The molecule has 4 heteroatoms. The third-order valence-electron chi connectivity index (χ3n) is 4.60. The number of rotatable bonds is 6. The molecule has 0 aliphatic heterocycles. The lowest BCUT2D eigenvalue weighted by atomic mass is 10.1. The fourth-order valence-electron chi connectivity index (χ4n) is 2.97. The van der Waals surface area contributed by atoms with Gasteiger partial charge in [-0.1, -0.05) is 55.5 Å². The van der Waals surface area contributed by atoms with Gasteiger partial charge in [-0.3, -0.25) is 9.59 Å². The predicted octanol–water partition coefficient (Wildman–Crippen LogP) is 4.77. The Labute approximate surface area is 165 Å². The van der Waals surface area contributed by atoms with E-state index in [1.54, 1.807) is 36.2 Å². The molecule has 0 aliphatic rings. The maximum absolute atomic E-state index is 12.7. The number of amides is 2. The number of hydrogen-bond acceptors (Lipinski definition) is 2. The third-order valence-corrected chi connectivity index (χ3v) is 4.60. The molecule has 3 aromatic rings. The lowest BCUT2D eigenvalue weighted by molar-refractivity contribution is 0.0785. The summed E-state index contributed by atoms with van der Waals surface area (Å²) in [5.74, 6) is -0.351. The van der Waals surface area contributed by atoms with Crippen molar-refractivity contribution < 1.29 is 9.59 Å². The Hall–Kier alpha value is -3.40. The highest BCUT2D eigenvalue weighted by Gasteiger charge is 2.14. The van der Waals surface area contributed by atoms with Crippen LogP contribution in [0.3, 0.4) is 0 Å². The number of hydrogen-bond donors (Lipinski definition) is 1. The molecule has 0 fully saturated rings. The van der Waals surface area contributed by atoms with E-state index in [0.717, 1.165) is 17.7 Å². The molecule has 0 heterocycles. The van der Waals surface area contributed by atoms with E-state index >= 15 is 0 Å². The van der Waals surface area contributed by atoms with Gasteiger partial charge in [0.15, 0.2) is 0 Å². The Kier molecular flexibility index (Phi) is 6.22. The van der Waals surface area contributed by atoms with Crippen molar-refractivity contribution in [3.8, 4) is 0 Å². The summed E-state index contributed by atoms with van der Waals surface area (Å²) in [6, 6.07) is 24.4. The molecule has 0 aromatic heterocycles. The van der Waals surface area contributed by atoms with Gasteiger partial charge in [0.2, 0.25) is 0 Å². The van der Waals surface area contributed by atoms with Crippen molar-refractivity contribution in [3.63, 3.8) is 0 Å². The van der Waals surface area contributed by atoms with Crippen LogP contribution in [-0.2, 0) is 13.0 Å². The normalized spacial score (nSPS) is 10.4. The minimum atomic E-state index is -0.232. The molecule has 0 unspecified atom stereocenters. The molecule has 142 valence electrons.